The molecule has 1 saturated heterocycles. The van der Waals surface area contributed by atoms with Gasteiger partial charge >= 0.3 is 0 Å². The average Bonchev–Trinajstić information content (AvgIpc) is 3.15. The van der Waals surface area contributed by atoms with Crippen LogP contribution < -0.4 is 9.47 Å². The number of likely N-dealkylation sites (N-methyl/N-ethyl adjacent to an activating group) is 1. The minimum Gasteiger partial charge on any atom is -0.454 e. The van der Waals surface area contributed by atoms with Crippen LogP contribution >= 0.6 is 25.3 Å². The monoisotopic (exact) mass is 421 g/mol. The number of hydrogen-bond donors (Lipinski definition) is 2. The van der Waals surface area contributed by atoms with E-state index in [0.717, 1.165) is 5.56 Å². The third-order valence-electron chi connectivity index (χ3n) is 5.39. The van der Waals surface area contributed by atoms with E-state index in [1.807, 2.05) is 25.1 Å². The van der Waals surface area contributed by atoms with E-state index in [4.69, 9.17) is 14.7 Å². The minimum absolute atomic E-state index is 0.0910. The largest absolute Gasteiger partial charge is 0.454 e. The third-order valence-corrected chi connectivity index (χ3v) is 6.51. The van der Waals surface area contributed by atoms with Gasteiger partial charge in [-0.25, -0.2) is 0 Å². The molecule has 28 heavy (non-hydrogen) atoms. The molecule has 9 heteroatoms. The molecule has 0 saturated carbocycles. The summed E-state index contributed by atoms with van der Waals surface area (Å²) in [6.45, 7) is 3.67. The predicted molar refractivity (Wildman–Crippen MR) is 109 cm³/mol. The number of carbonyl (C=O) groups is 2. The molecular formula is C19H23N3O4S2. The maximum atomic E-state index is 13.5. The van der Waals surface area contributed by atoms with Gasteiger partial charge in [-0.3, -0.25) is 9.59 Å². The van der Waals surface area contributed by atoms with Crippen molar-refractivity contribution >= 4 is 37.1 Å². The SMILES string of the molecule is CCC(c1ccc2c(c1)OCO2)N1C(=O)[C@](C)(S)N(C)C(=O)[C@@]1(S)CCC#N. The standard InChI is InChI=1S/C19H23N3O4S2/c1-4-13(12-6-7-14-15(10-12)26-11-25-14)22-16(23)18(2,27)21(3)17(24)19(22,28)8-5-9-20/h6-7,10,13,27-28H,4-5,8,11H2,1-3H3/t13?,18-,19-/m0/s1. The fourth-order valence-corrected chi connectivity index (χ4v) is 4.34. The maximum Gasteiger partial charge on any atom is 0.260 e. The van der Waals surface area contributed by atoms with Gasteiger partial charge < -0.3 is 19.3 Å². The van der Waals surface area contributed by atoms with Crippen LogP contribution in [0.15, 0.2) is 18.2 Å². The van der Waals surface area contributed by atoms with Crippen molar-refractivity contribution in [2.24, 2.45) is 0 Å². The number of thiol groups is 2. The van der Waals surface area contributed by atoms with Gasteiger partial charge in [0, 0.05) is 19.9 Å². The Balaban J connectivity index is 2.10. The molecule has 3 atom stereocenters. The Bertz CT molecular complexity index is 854. The smallest absolute Gasteiger partial charge is 0.260 e. The van der Waals surface area contributed by atoms with Crippen LogP contribution in [0, 0.1) is 11.3 Å². The lowest BCUT2D eigenvalue weighted by Gasteiger charge is -2.54. The van der Waals surface area contributed by atoms with Crippen LogP contribution in [0.2, 0.25) is 0 Å². The van der Waals surface area contributed by atoms with Gasteiger partial charge in [-0.2, -0.15) is 5.26 Å². The molecule has 0 N–H and O–H groups in total. The lowest BCUT2D eigenvalue weighted by Crippen LogP contribution is -2.72. The molecule has 1 aromatic rings. The number of fused-ring (bicyclic) bond motifs is 1. The fraction of sp³-hybridized carbons (Fsp3) is 0.526. The van der Waals surface area contributed by atoms with Crippen LogP contribution in [-0.2, 0) is 9.59 Å². The molecule has 1 aromatic carbocycles. The van der Waals surface area contributed by atoms with Gasteiger partial charge in [0.15, 0.2) is 21.2 Å². The number of amides is 2. The molecule has 0 radical (unpaired) electrons. The average molecular weight is 422 g/mol. The van der Waals surface area contributed by atoms with Crippen LogP contribution in [0.3, 0.4) is 0 Å². The highest BCUT2D eigenvalue weighted by atomic mass is 32.1. The molecule has 1 unspecified atom stereocenters. The number of carbonyl (C=O) groups excluding carboxylic acids is 2. The molecule has 2 aliphatic heterocycles. The normalized spacial score (nSPS) is 27.7. The third kappa shape index (κ3) is 3.08. The Hall–Kier alpha value is -2.05. The molecule has 2 heterocycles. The van der Waals surface area contributed by atoms with Crippen molar-refractivity contribution in [1.82, 2.24) is 9.80 Å². The molecule has 3 rings (SSSR count). The zero-order chi connectivity index (χ0) is 20.7. The lowest BCUT2D eigenvalue weighted by atomic mass is 9.93. The van der Waals surface area contributed by atoms with E-state index < -0.39 is 15.8 Å². The van der Waals surface area contributed by atoms with Crippen molar-refractivity contribution < 1.29 is 19.1 Å². The number of nitrogens with zero attached hydrogens (tertiary/aromatic N) is 3. The van der Waals surface area contributed by atoms with E-state index >= 15 is 0 Å². The molecule has 0 aliphatic carbocycles. The summed E-state index contributed by atoms with van der Waals surface area (Å²) in [6, 6.07) is 7.07. The van der Waals surface area contributed by atoms with Gasteiger partial charge in [0.2, 0.25) is 6.79 Å². The number of ether oxygens (including phenoxy) is 2. The van der Waals surface area contributed by atoms with E-state index in [2.05, 4.69) is 25.3 Å². The first kappa shape index (κ1) is 20.7. The highest BCUT2D eigenvalue weighted by Gasteiger charge is 2.59. The molecule has 150 valence electrons. The number of rotatable bonds is 5. The maximum absolute atomic E-state index is 13.5. The zero-order valence-electron chi connectivity index (χ0n) is 16.0. The Labute approximate surface area is 175 Å². The molecule has 0 aromatic heterocycles. The minimum atomic E-state index is -1.44. The van der Waals surface area contributed by atoms with E-state index in [-0.39, 0.29) is 31.4 Å². The van der Waals surface area contributed by atoms with Crippen molar-refractivity contribution in [3.05, 3.63) is 23.8 Å². The van der Waals surface area contributed by atoms with Crippen molar-refractivity contribution in [2.75, 3.05) is 13.8 Å². The van der Waals surface area contributed by atoms with Crippen molar-refractivity contribution in [3.8, 4) is 17.6 Å². The van der Waals surface area contributed by atoms with Crippen molar-refractivity contribution in [2.45, 2.75) is 48.9 Å². The first-order valence-corrected chi connectivity index (χ1v) is 9.91. The Morgan fingerprint density at radius 1 is 1.25 bits per heavy atom. The van der Waals surface area contributed by atoms with Crippen LogP contribution in [0.25, 0.3) is 0 Å². The summed E-state index contributed by atoms with van der Waals surface area (Å²) < 4.78 is 10.8. The second-order valence-electron chi connectivity index (χ2n) is 7.07. The van der Waals surface area contributed by atoms with Gasteiger partial charge in [0.1, 0.15) is 0 Å². The molecule has 0 bridgehead atoms. The molecule has 1 fully saturated rings. The summed E-state index contributed by atoms with van der Waals surface area (Å²) in [4.78, 5) is 26.7. The van der Waals surface area contributed by atoms with Gasteiger partial charge in [0.25, 0.3) is 11.8 Å². The van der Waals surface area contributed by atoms with Crippen LogP contribution in [0.1, 0.15) is 44.7 Å². The Kier molecular flexibility index (Phi) is 5.47. The van der Waals surface area contributed by atoms with E-state index in [1.54, 1.807) is 13.0 Å². The summed E-state index contributed by atoms with van der Waals surface area (Å²) in [7, 11) is 1.53. The molecule has 7 nitrogen and oxygen atoms in total. The quantitative estimate of drug-likeness (QED) is 0.715. The Morgan fingerprint density at radius 2 is 1.93 bits per heavy atom. The number of nitriles is 1. The number of piperazine rings is 1. The first-order valence-electron chi connectivity index (χ1n) is 9.01. The first-order chi connectivity index (χ1) is 13.2. The van der Waals surface area contributed by atoms with Crippen LogP contribution in [0.5, 0.6) is 11.5 Å². The van der Waals surface area contributed by atoms with Crippen LogP contribution in [0.4, 0.5) is 0 Å². The van der Waals surface area contributed by atoms with Crippen molar-refractivity contribution in [3.63, 3.8) is 0 Å². The summed E-state index contributed by atoms with van der Waals surface area (Å²) >= 11 is 9.14. The van der Waals surface area contributed by atoms with Gasteiger partial charge in [0.05, 0.1) is 12.1 Å². The van der Waals surface area contributed by atoms with E-state index in [9.17, 15) is 9.59 Å². The zero-order valence-corrected chi connectivity index (χ0v) is 17.8. The predicted octanol–water partition coefficient (Wildman–Crippen LogP) is 2.74. The molecule has 0 spiro atoms. The summed E-state index contributed by atoms with van der Waals surface area (Å²) in [5.74, 6) is 0.539. The summed E-state index contributed by atoms with van der Waals surface area (Å²) in [6.07, 6.45) is 0.751. The molecule has 2 aliphatic rings. The van der Waals surface area contributed by atoms with Crippen LogP contribution in [-0.4, -0.2) is 45.2 Å². The Morgan fingerprint density at radius 3 is 2.57 bits per heavy atom. The van der Waals surface area contributed by atoms with Gasteiger partial charge in [-0.1, -0.05) is 13.0 Å². The van der Waals surface area contributed by atoms with Crippen molar-refractivity contribution in [1.29, 1.82) is 5.26 Å². The second-order valence-corrected chi connectivity index (χ2v) is 8.68. The second kappa shape index (κ2) is 7.41. The summed E-state index contributed by atoms with van der Waals surface area (Å²) in [5, 5.41) is 9.08. The van der Waals surface area contributed by atoms with E-state index in [1.165, 1.54) is 16.8 Å². The number of benzene rings is 1. The number of hydrogen-bond acceptors (Lipinski definition) is 7. The van der Waals surface area contributed by atoms with E-state index in [0.29, 0.717) is 17.9 Å². The lowest BCUT2D eigenvalue weighted by molar-refractivity contribution is -0.167. The fourth-order valence-electron chi connectivity index (χ4n) is 3.65. The van der Waals surface area contributed by atoms with Gasteiger partial charge in [-0.15, -0.1) is 25.3 Å². The molecular weight excluding hydrogens is 398 g/mol. The van der Waals surface area contributed by atoms with Gasteiger partial charge in [-0.05, 0) is 31.0 Å². The summed E-state index contributed by atoms with van der Waals surface area (Å²) in [5.41, 5.74) is 0.803. The highest BCUT2D eigenvalue weighted by Crippen LogP contribution is 2.46. The topological polar surface area (TPSA) is 82.9 Å². The molecule has 2 amide bonds. The highest BCUT2D eigenvalue weighted by molar-refractivity contribution is 7.83.